The van der Waals surface area contributed by atoms with Gasteiger partial charge in [0.2, 0.25) is 5.91 Å². The Morgan fingerprint density at radius 3 is 2.68 bits per heavy atom. The van der Waals surface area contributed by atoms with E-state index in [1.807, 2.05) is 42.5 Å². The number of nitrogens with zero attached hydrogens (tertiary/aromatic N) is 1. The number of amides is 2. The fourth-order valence-electron chi connectivity index (χ4n) is 2.87. The molecule has 1 aliphatic heterocycles. The highest BCUT2D eigenvalue weighted by Gasteiger charge is 2.18. The number of carbonyl (C=O) groups excluding carboxylic acids is 2. The van der Waals surface area contributed by atoms with Crippen LogP contribution < -0.4 is 10.6 Å². The van der Waals surface area contributed by atoms with E-state index in [1.165, 1.54) is 0 Å². The number of nitrogens with one attached hydrogen (secondary N) is 2. The number of aromatic nitrogens is 1. The highest BCUT2D eigenvalue weighted by molar-refractivity contribution is 6.04. The maximum Gasteiger partial charge on any atom is 0.255 e. The first-order chi connectivity index (χ1) is 12.2. The van der Waals surface area contributed by atoms with E-state index >= 15 is 0 Å². The number of hydrogen-bond donors (Lipinski definition) is 2. The molecule has 0 unspecified atom stereocenters. The second kappa shape index (κ2) is 6.20. The van der Waals surface area contributed by atoms with Crippen LogP contribution in [0.5, 0.6) is 0 Å². The summed E-state index contributed by atoms with van der Waals surface area (Å²) in [4.78, 5) is 28.0. The third-order valence-electron chi connectivity index (χ3n) is 4.10. The molecule has 0 aliphatic carbocycles. The van der Waals surface area contributed by atoms with Crippen molar-refractivity contribution in [3.8, 4) is 11.1 Å². The first-order valence-corrected chi connectivity index (χ1v) is 7.94. The maximum atomic E-state index is 12.3. The summed E-state index contributed by atoms with van der Waals surface area (Å²) in [7, 11) is 0. The molecule has 122 valence electrons. The molecule has 0 radical (unpaired) electrons. The lowest BCUT2D eigenvalue weighted by atomic mass is 10.0. The van der Waals surface area contributed by atoms with Gasteiger partial charge in [0.05, 0.1) is 18.3 Å². The number of pyridine rings is 1. The average molecular weight is 329 g/mol. The number of fused-ring (bicyclic) bond motifs is 1. The maximum absolute atomic E-state index is 12.3. The van der Waals surface area contributed by atoms with E-state index in [-0.39, 0.29) is 11.8 Å². The van der Waals surface area contributed by atoms with Crippen molar-refractivity contribution in [2.45, 2.75) is 6.42 Å². The number of anilines is 2. The lowest BCUT2D eigenvalue weighted by molar-refractivity contribution is -0.115. The number of hydrogen-bond acceptors (Lipinski definition) is 3. The molecule has 5 nitrogen and oxygen atoms in total. The molecule has 0 bridgehead atoms. The van der Waals surface area contributed by atoms with Crippen LogP contribution in [0.25, 0.3) is 11.1 Å². The molecule has 25 heavy (non-hydrogen) atoms. The molecule has 1 aromatic heterocycles. The quantitative estimate of drug-likeness (QED) is 0.772. The average Bonchev–Trinajstić information content (AvgIpc) is 3.02. The van der Waals surface area contributed by atoms with E-state index in [0.29, 0.717) is 17.7 Å². The van der Waals surface area contributed by atoms with Gasteiger partial charge in [-0.05, 0) is 41.5 Å². The molecule has 1 aliphatic rings. The third-order valence-corrected chi connectivity index (χ3v) is 4.10. The predicted molar refractivity (Wildman–Crippen MR) is 96.4 cm³/mol. The summed E-state index contributed by atoms with van der Waals surface area (Å²) in [6.45, 7) is 0. The SMILES string of the molecule is O=C1Cc2cc(-c3cncc(NC(=O)c4ccccc4)c3)ccc2N1. The van der Waals surface area contributed by atoms with Crippen molar-refractivity contribution in [3.63, 3.8) is 0 Å². The zero-order valence-electron chi connectivity index (χ0n) is 13.3. The monoisotopic (exact) mass is 329 g/mol. The van der Waals surface area contributed by atoms with Crippen molar-refractivity contribution in [2.75, 3.05) is 10.6 Å². The topological polar surface area (TPSA) is 71.1 Å². The van der Waals surface area contributed by atoms with E-state index in [9.17, 15) is 9.59 Å². The van der Waals surface area contributed by atoms with Gasteiger partial charge in [0, 0.05) is 23.0 Å². The largest absolute Gasteiger partial charge is 0.326 e. The van der Waals surface area contributed by atoms with Gasteiger partial charge >= 0.3 is 0 Å². The van der Waals surface area contributed by atoms with Crippen molar-refractivity contribution >= 4 is 23.2 Å². The minimum Gasteiger partial charge on any atom is -0.326 e. The van der Waals surface area contributed by atoms with Crippen molar-refractivity contribution in [3.05, 3.63) is 78.1 Å². The lowest BCUT2D eigenvalue weighted by Gasteiger charge is -2.08. The second-order valence-electron chi connectivity index (χ2n) is 5.88. The van der Waals surface area contributed by atoms with Gasteiger partial charge in [0.1, 0.15) is 0 Å². The van der Waals surface area contributed by atoms with Crippen molar-refractivity contribution in [1.29, 1.82) is 0 Å². The molecule has 2 N–H and O–H groups in total. The summed E-state index contributed by atoms with van der Waals surface area (Å²) in [6.07, 6.45) is 3.74. The van der Waals surface area contributed by atoms with Gasteiger partial charge in [-0.25, -0.2) is 0 Å². The van der Waals surface area contributed by atoms with Gasteiger partial charge < -0.3 is 10.6 Å². The molecule has 2 amide bonds. The van der Waals surface area contributed by atoms with Crippen molar-refractivity contribution in [2.24, 2.45) is 0 Å². The molecule has 2 aromatic carbocycles. The Hall–Kier alpha value is -3.47. The zero-order chi connectivity index (χ0) is 17.2. The van der Waals surface area contributed by atoms with Gasteiger partial charge in [0.15, 0.2) is 0 Å². The number of carbonyl (C=O) groups is 2. The van der Waals surface area contributed by atoms with E-state index in [4.69, 9.17) is 0 Å². The summed E-state index contributed by atoms with van der Waals surface area (Å²) < 4.78 is 0. The molecule has 4 rings (SSSR count). The number of benzene rings is 2. The van der Waals surface area contributed by atoms with Crippen molar-refractivity contribution in [1.82, 2.24) is 4.98 Å². The standard InChI is InChI=1S/C20H15N3O2/c24-19-10-15-8-14(6-7-18(15)23-19)16-9-17(12-21-11-16)22-20(25)13-4-2-1-3-5-13/h1-9,11-12H,10H2,(H,22,25)(H,23,24). The van der Waals surface area contributed by atoms with Crippen LogP contribution in [0.15, 0.2) is 67.0 Å². The van der Waals surface area contributed by atoms with Crippen LogP contribution in [0.3, 0.4) is 0 Å². The fraction of sp³-hybridized carbons (Fsp3) is 0.0500. The van der Waals surface area contributed by atoms with Gasteiger partial charge in [-0.2, -0.15) is 0 Å². The van der Waals surface area contributed by atoms with E-state index < -0.39 is 0 Å². The zero-order valence-corrected chi connectivity index (χ0v) is 13.3. The molecular weight excluding hydrogens is 314 g/mol. The first kappa shape index (κ1) is 15.1. The highest BCUT2D eigenvalue weighted by Crippen LogP contribution is 2.29. The molecule has 3 aromatic rings. The number of rotatable bonds is 3. The minimum atomic E-state index is -0.177. The Balaban J connectivity index is 1.59. The molecule has 2 heterocycles. The smallest absolute Gasteiger partial charge is 0.255 e. The first-order valence-electron chi connectivity index (χ1n) is 7.94. The van der Waals surface area contributed by atoms with Gasteiger partial charge in [0.25, 0.3) is 5.91 Å². The minimum absolute atomic E-state index is 0.00847. The van der Waals surface area contributed by atoms with E-state index in [1.54, 1.807) is 24.5 Å². The van der Waals surface area contributed by atoms with E-state index in [2.05, 4.69) is 15.6 Å². The normalized spacial score (nSPS) is 12.4. The second-order valence-corrected chi connectivity index (χ2v) is 5.88. The molecule has 5 heteroatoms. The van der Waals surface area contributed by atoms with Gasteiger partial charge in [-0.15, -0.1) is 0 Å². The van der Waals surface area contributed by atoms with Crippen LogP contribution >= 0.6 is 0 Å². The summed E-state index contributed by atoms with van der Waals surface area (Å²) in [5, 5.41) is 5.68. The van der Waals surface area contributed by atoms with Crippen molar-refractivity contribution < 1.29 is 9.59 Å². The van der Waals surface area contributed by atoms with Crippen LogP contribution in [0.2, 0.25) is 0 Å². The third kappa shape index (κ3) is 3.12. The summed E-state index contributed by atoms with van der Waals surface area (Å²) in [5.41, 5.74) is 4.89. The Labute approximate surface area is 144 Å². The molecular formula is C20H15N3O2. The molecule has 0 fully saturated rings. The van der Waals surface area contributed by atoms with Gasteiger partial charge in [-0.3, -0.25) is 14.6 Å². The fourth-order valence-corrected chi connectivity index (χ4v) is 2.87. The lowest BCUT2D eigenvalue weighted by Crippen LogP contribution is -2.11. The van der Waals surface area contributed by atoms with Crippen LogP contribution in [-0.4, -0.2) is 16.8 Å². The Kier molecular flexibility index (Phi) is 3.74. The Morgan fingerprint density at radius 2 is 1.84 bits per heavy atom. The Bertz CT molecular complexity index is 968. The molecule has 0 atom stereocenters. The molecule has 0 saturated heterocycles. The summed E-state index contributed by atoms with van der Waals surface area (Å²) >= 11 is 0. The van der Waals surface area contributed by atoms with Gasteiger partial charge in [-0.1, -0.05) is 24.3 Å². The highest BCUT2D eigenvalue weighted by atomic mass is 16.2. The summed E-state index contributed by atoms with van der Waals surface area (Å²) in [6, 6.07) is 16.7. The predicted octanol–water partition coefficient (Wildman–Crippen LogP) is 3.50. The Morgan fingerprint density at radius 1 is 1.00 bits per heavy atom. The van der Waals surface area contributed by atoms with E-state index in [0.717, 1.165) is 22.4 Å². The molecule has 0 saturated carbocycles. The van der Waals surface area contributed by atoms with Crippen LogP contribution in [0, 0.1) is 0 Å². The molecule has 0 spiro atoms. The summed E-state index contributed by atoms with van der Waals surface area (Å²) in [5.74, 6) is -0.169. The van der Waals surface area contributed by atoms with Crippen LogP contribution in [-0.2, 0) is 11.2 Å². The van der Waals surface area contributed by atoms with Crippen LogP contribution in [0.4, 0.5) is 11.4 Å². The van der Waals surface area contributed by atoms with Crippen LogP contribution in [0.1, 0.15) is 15.9 Å².